The molecule has 0 spiro atoms. The van der Waals surface area contributed by atoms with Crippen molar-refractivity contribution in [1.82, 2.24) is 4.90 Å². The zero-order chi connectivity index (χ0) is 22.0. The Morgan fingerprint density at radius 3 is 2.06 bits per heavy atom. The van der Waals surface area contributed by atoms with Crippen LogP contribution in [0.3, 0.4) is 0 Å². The second kappa shape index (κ2) is 8.26. The molecule has 158 valence electrons. The van der Waals surface area contributed by atoms with Crippen LogP contribution in [0.4, 0.5) is 5.69 Å². The Balaban J connectivity index is 1.97. The number of aliphatic imine (C=N–C) groups is 1. The molecule has 0 bridgehead atoms. The summed E-state index contributed by atoms with van der Waals surface area (Å²) in [7, 11) is 3.82. The molecule has 1 heterocycles. The first-order valence-electron chi connectivity index (χ1n) is 10.4. The van der Waals surface area contributed by atoms with Crippen molar-refractivity contribution < 1.29 is 4.74 Å². The van der Waals surface area contributed by atoms with E-state index in [1.807, 2.05) is 80.5 Å². The van der Waals surface area contributed by atoms with Crippen molar-refractivity contribution in [3.63, 3.8) is 0 Å². The second-order valence-corrected chi connectivity index (χ2v) is 8.24. The van der Waals surface area contributed by atoms with Gasteiger partial charge in [-0.05, 0) is 50.2 Å². The lowest BCUT2D eigenvalue weighted by atomic mass is 10.1. The largest absolute Gasteiger partial charge is 0.620 e. The molecule has 0 aliphatic carbocycles. The maximum atomic E-state index is 14.1. The van der Waals surface area contributed by atoms with Gasteiger partial charge in [0.15, 0.2) is 0 Å². The van der Waals surface area contributed by atoms with Crippen LogP contribution in [0.5, 0.6) is 0 Å². The summed E-state index contributed by atoms with van der Waals surface area (Å²) >= 11 is 0. The van der Waals surface area contributed by atoms with Gasteiger partial charge in [-0.25, -0.2) is 0 Å². The molecule has 3 aromatic rings. The van der Waals surface area contributed by atoms with Crippen molar-refractivity contribution in [2.75, 3.05) is 25.5 Å². The van der Waals surface area contributed by atoms with Crippen molar-refractivity contribution in [3.05, 3.63) is 106 Å². The van der Waals surface area contributed by atoms with Gasteiger partial charge in [0.25, 0.3) is 0 Å². The summed E-state index contributed by atoms with van der Waals surface area (Å²) in [6, 6.07) is 26.2. The number of benzene rings is 3. The zero-order valence-corrected chi connectivity index (χ0v) is 18.5. The highest BCUT2D eigenvalue weighted by Crippen LogP contribution is 2.39. The number of hydroxylamine groups is 1. The van der Waals surface area contributed by atoms with E-state index in [-0.39, 0.29) is 0 Å². The summed E-state index contributed by atoms with van der Waals surface area (Å²) in [5.74, 6) is -1.24. The van der Waals surface area contributed by atoms with Gasteiger partial charge in [0.2, 0.25) is 5.71 Å². The maximum absolute atomic E-state index is 14.1. The van der Waals surface area contributed by atoms with Gasteiger partial charge >= 0.3 is 5.79 Å². The molecule has 5 nitrogen and oxygen atoms in total. The Morgan fingerprint density at radius 1 is 0.903 bits per heavy atom. The molecule has 5 heteroatoms. The predicted octanol–water partition coefficient (Wildman–Crippen LogP) is 4.52. The molecular weight excluding hydrogens is 384 g/mol. The minimum atomic E-state index is -1.24. The molecule has 1 atom stereocenters. The molecule has 0 aromatic heterocycles. The summed E-state index contributed by atoms with van der Waals surface area (Å²) in [5, 5.41) is 14.1. The van der Waals surface area contributed by atoms with Gasteiger partial charge in [0.1, 0.15) is 6.54 Å². The van der Waals surface area contributed by atoms with E-state index in [0.717, 1.165) is 27.1 Å². The Morgan fingerprint density at radius 2 is 1.48 bits per heavy atom. The first-order valence-corrected chi connectivity index (χ1v) is 10.4. The molecule has 0 radical (unpaired) electrons. The normalized spacial score (nSPS) is 18.8. The Hall–Kier alpha value is -3.60. The van der Waals surface area contributed by atoms with Gasteiger partial charge in [0.05, 0.1) is 11.9 Å². The molecule has 0 fully saturated rings. The lowest BCUT2D eigenvalue weighted by Crippen LogP contribution is -2.47. The fourth-order valence-corrected chi connectivity index (χ4v) is 3.90. The molecule has 0 saturated heterocycles. The van der Waals surface area contributed by atoms with E-state index in [4.69, 9.17) is 4.99 Å². The number of aryl methyl sites for hydroxylation is 2. The van der Waals surface area contributed by atoms with Gasteiger partial charge in [-0.1, -0.05) is 53.6 Å². The lowest BCUT2D eigenvalue weighted by Gasteiger charge is -2.33. The molecule has 1 aliphatic rings. The van der Waals surface area contributed by atoms with E-state index in [9.17, 15) is 5.21 Å². The molecule has 4 rings (SSSR count). The van der Waals surface area contributed by atoms with E-state index in [1.165, 1.54) is 5.56 Å². The number of anilines is 1. The van der Waals surface area contributed by atoms with Crippen LogP contribution in [0.2, 0.25) is 0 Å². The van der Waals surface area contributed by atoms with E-state index in [1.54, 1.807) is 6.34 Å². The quantitative estimate of drug-likeness (QED) is 0.268. The monoisotopic (exact) mass is 412 g/mol. The summed E-state index contributed by atoms with van der Waals surface area (Å²) in [4.78, 5) is 8.84. The van der Waals surface area contributed by atoms with Crippen LogP contribution in [0.15, 0.2) is 83.9 Å². The fourth-order valence-electron chi connectivity index (χ4n) is 3.90. The average molecular weight is 413 g/mol. The number of hydrogen-bond acceptors (Lipinski definition) is 3. The van der Waals surface area contributed by atoms with Crippen LogP contribution in [0.25, 0.3) is 0 Å². The summed E-state index contributed by atoms with van der Waals surface area (Å²) in [5.41, 5.74) is 5.72. The molecule has 1 unspecified atom stereocenters. The van der Waals surface area contributed by atoms with Gasteiger partial charge in [0, 0.05) is 25.3 Å². The third kappa shape index (κ3) is 3.79. The third-order valence-electron chi connectivity index (χ3n) is 5.57. The highest BCUT2D eigenvalue weighted by atomic mass is 16.5. The van der Waals surface area contributed by atoms with Crippen molar-refractivity contribution in [3.8, 4) is 0 Å². The van der Waals surface area contributed by atoms with Crippen molar-refractivity contribution in [2.24, 2.45) is 4.99 Å². The highest BCUT2D eigenvalue weighted by Gasteiger charge is 2.54. The Labute approximate surface area is 184 Å². The maximum Gasteiger partial charge on any atom is 0.378 e. The molecular formula is C26H28N4O. The predicted molar refractivity (Wildman–Crippen MR) is 128 cm³/mol. The van der Waals surface area contributed by atoms with Crippen molar-refractivity contribution in [1.29, 1.82) is 0 Å². The molecule has 3 aromatic carbocycles. The number of nitrogens with zero attached hydrogens (tertiary/aromatic N) is 4. The van der Waals surface area contributed by atoms with Crippen LogP contribution >= 0.6 is 0 Å². The molecule has 1 aliphatic heterocycles. The minimum absolute atomic E-state index is 0.454. The third-order valence-corrected chi connectivity index (χ3v) is 5.57. The Kier molecular flexibility index (Phi) is 5.51. The smallest absolute Gasteiger partial charge is 0.378 e. The first-order chi connectivity index (χ1) is 14.9. The van der Waals surface area contributed by atoms with Crippen LogP contribution in [-0.2, 0) is 5.79 Å². The van der Waals surface area contributed by atoms with Crippen LogP contribution in [-0.4, -0.2) is 42.3 Å². The fraction of sp³-hybridized carbons (Fsp3) is 0.231. The summed E-state index contributed by atoms with van der Waals surface area (Å²) in [6.45, 7) is 4.56. The molecule has 0 amide bonds. The van der Waals surface area contributed by atoms with E-state index >= 15 is 0 Å². The van der Waals surface area contributed by atoms with Crippen LogP contribution in [0.1, 0.15) is 22.3 Å². The van der Waals surface area contributed by atoms with Gasteiger partial charge in [-0.2, -0.15) is 9.73 Å². The highest BCUT2D eigenvalue weighted by molar-refractivity contribution is 6.01. The van der Waals surface area contributed by atoms with Crippen LogP contribution in [0, 0.1) is 19.1 Å². The second-order valence-electron chi connectivity index (χ2n) is 8.24. The Bertz CT molecular complexity index is 1100. The topological polar surface area (TPSA) is 44.9 Å². The minimum Gasteiger partial charge on any atom is -0.620 e. The molecule has 0 saturated carbocycles. The van der Waals surface area contributed by atoms with Crippen molar-refractivity contribution in [2.45, 2.75) is 19.6 Å². The first kappa shape index (κ1) is 20.7. The molecule has 31 heavy (non-hydrogen) atoms. The summed E-state index contributed by atoms with van der Waals surface area (Å²) in [6.07, 6.45) is 1.72. The van der Waals surface area contributed by atoms with Crippen LogP contribution < -0.4 is 4.90 Å². The standard InChI is InChI=1S/C26H28N4O/c1-20-10-14-22(15-11-20)25-18-29(24-16-12-21(2)13-17-24)26(30(25)31,27-19-28(3)4)23-8-6-5-7-9-23/h5-17,19H,18H2,1-4H3/b27-19-. The number of rotatable bonds is 5. The van der Waals surface area contributed by atoms with E-state index < -0.39 is 5.79 Å². The zero-order valence-electron chi connectivity index (χ0n) is 18.5. The average Bonchev–Trinajstić information content (AvgIpc) is 3.07. The summed E-state index contributed by atoms with van der Waals surface area (Å²) < 4.78 is 1.08. The van der Waals surface area contributed by atoms with Gasteiger partial charge in [-0.15, -0.1) is 0 Å². The van der Waals surface area contributed by atoms with E-state index in [2.05, 4.69) is 36.1 Å². The van der Waals surface area contributed by atoms with E-state index in [0.29, 0.717) is 12.3 Å². The van der Waals surface area contributed by atoms with Gasteiger partial charge in [-0.3, -0.25) is 4.90 Å². The molecule has 0 N–H and O–H groups in total. The van der Waals surface area contributed by atoms with Gasteiger partial charge < -0.3 is 10.1 Å². The van der Waals surface area contributed by atoms with Crippen molar-refractivity contribution >= 4 is 17.7 Å². The lowest BCUT2D eigenvalue weighted by molar-refractivity contribution is -0.547. The number of hydrogen-bond donors (Lipinski definition) is 0. The SMILES string of the molecule is Cc1ccc(C2=[N+]([O-])C(/N=C\N(C)C)(c3ccccc3)N(c3ccc(C)cc3)C2)cc1.